The molecule has 1 heterocycles. The van der Waals surface area contributed by atoms with Crippen LogP contribution < -0.4 is 0 Å². The summed E-state index contributed by atoms with van der Waals surface area (Å²) in [6.07, 6.45) is 2.51. The van der Waals surface area contributed by atoms with Crippen LogP contribution in [0.5, 0.6) is 0 Å². The Morgan fingerprint density at radius 2 is 2.00 bits per heavy atom. The summed E-state index contributed by atoms with van der Waals surface area (Å²) in [5.74, 6) is -1.18. The molecule has 4 nitrogen and oxygen atoms in total. The number of nitrogens with zero attached hydrogens (tertiary/aromatic N) is 2. The predicted molar refractivity (Wildman–Crippen MR) is 124 cm³/mol. The van der Waals surface area contributed by atoms with Crippen molar-refractivity contribution in [1.82, 2.24) is 4.90 Å². The van der Waals surface area contributed by atoms with Crippen molar-refractivity contribution in [3.8, 4) is 0 Å². The molecule has 0 bridgehead atoms. The zero-order valence-electron chi connectivity index (χ0n) is 18.4. The highest BCUT2D eigenvalue weighted by molar-refractivity contribution is 14.1. The molecule has 0 unspecified atom stereocenters. The van der Waals surface area contributed by atoms with Crippen molar-refractivity contribution in [2.45, 2.75) is 59.4 Å². The van der Waals surface area contributed by atoms with Gasteiger partial charge in [0.1, 0.15) is 6.04 Å². The van der Waals surface area contributed by atoms with Gasteiger partial charge in [-0.3, -0.25) is 4.79 Å². The molecule has 30 heavy (non-hydrogen) atoms. The number of allylic oxidation sites excluding steroid dienone is 1. The number of hydrogen-bond donors (Lipinski definition) is 0. The first-order chi connectivity index (χ1) is 13.9. The Morgan fingerprint density at radius 3 is 2.60 bits per heavy atom. The number of hydrogen-bond acceptors (Lipinski definition) is 3. The molecule has 1 amide bonds. The van der Waals surface area contributed by atoms with Gasteiger partial charge in [-0.15, -0.1) is 0 Å². The Labute approximate surface area is 191 Å². The Hall–Kier alpha value is -1.51. The molecule has 166 valence electrons. The van der Waals surface area contributed by atoms with E-state index >= 15 is 0 Å². The molecule has 1 aliphatic heterocycles. The molecule has 0 N–H and O–H groups in total. The minimum Gasteiger partial charge on any atom is -0.483 e. The molecular weight excluding hydrogens is 501 g/mol. The summed E-state index contributed by atoms with van der Waals surface area (Å²) < 4.78 is 33.2. The van der Waals surface area contributed by atoms with Crippen LogP contribution in [0, 0.1) is 26.5 Å². The fourth-order valence-corrected chi connectivity index (χ4v) is 4.11. The Balaban J connectivity index is 2.09. The van der Waals surface area contributed by atoms with E-state index in [0.717, 1.165) is 12.8 Å². The first-order valence-electron chi connectivity index (χ1n) is 10.2. The number of benzene rings is 1. The molecule has 1 aliphatic rings. The number of aliphatic imine (C=N–C) groups is 1. The van der Waals surface area contributed by atoms with Crippen LogP contribution in [0.4, 0.5) is 8.78 Å². The van der Waals surface area contributed by atoms with Crippen LogP contribution in [0.25, 0.3) is 0 Å². The SMILES string of the molecule is C=C(N=C(OC)[C@@H]1CCCN1C(=O)C[C@H](C)Cc1cc(F)c(F)cc1I)C(C)(C)C. The predicted octanol–water partition coefficient (Wildman–Crippen LogP) is 5.73. The van der Waals surface area contributed by atoms with Gasteiger partial charge in [-0.05, 0) is 65.5 Å². The van der Waals surface area contributed by atoms with Crippen molar-refractivity contribution in [2.75, 3.05) is 13.7 Å². The van der Waals surface area contributed by atoms with Gasteiger partial charge >= 0.3 is 0 Å². The van der Waals surface area contributed by atoms with E-state index in [-0.39, 0.29) is 23.3 Å². The number of carbonyl (C=O) groups excluding carboxylic acids is 1. The number of likely N-dealkylation sites (tertiary alicyclic amines) is 1. The number of halogens is 3. The van der Waals surface area contributed by atoms with E-state index in [0.29, 0.717) is 40.1 Å². The third kappa shape index (κ3) is 6.25. The van der Waals surface area contributed by atoms with Gasteiger partial charge in [-0.25, -0.2) is 13.8 Å². The first-order valence-corrected chi connectivity index (χ1v) is 11.3. The molecule has 2 rings (SSSR count). The van der Waals surface area contributed by atoms with Crippen molar-refractivity contribution in [3.63, 3.8) is 0 Å². The standard InChI is InChI=1S/C23H31F2IN2O2/c1-14(10-16-12-17(24)18(25)13-19(16)26)11-21(29)28-9-7-8-20(28)22(30-6)27-15(2)23(3,4)5/h12-14,20H,2,7-11H2,1,3-6H3/t14-,20+/m1/s1. The maximum Gasteiger partial charge on any atom is 0.223 e. The van der Waals surface area contributed by atoms with E-state index in [4.69, 9.17) is 4.74 Å². The molecule has 7 heteroatoms. The van der Waals surface area contributed by atoms with Crippen LogP contribution in [0.1, 0.15) is 52.5 Å². The summed E-state index contributed by atoms with van der Waals surface area (Å²) in [5, 5.41) is 0. The normalized spacial score (nSPS) is 18.5. The maximum absolute atomic E-state index is 13.6. The average Bonchev–Trinajstić information content (AvgIpc) is 3.12. The summed E-state index contributed by atoms with van der Waals surface area (Å²) in [6, 6.07) is 2.22. The first kappa shape index (κ1) is 24.8. The summed E-state index contributed by atoms with van der Waals surface area (Å²) in [6.45, 7) is 12.7. The zero-order valence-corrected chi connectivity index (χ0v) is 20.6. The van der Waals surface area contributed by atoms with Crippen molar-refractivity contribution in [1.29, 1.82) is 0 Å². The molecule has 0 radical (unpaired) electrons. The van der Waals surface area contributed by atoms with Gasteiger partial charge in [-0.2, -0.15) is 0 Å². The van der Waals surface area contributed by atoms with E-state index < -0.39 is 11.6 Å². The average molecular weight is 532 g/mol. The van der Waals surface area contributed by atoms with Gasteiger partial charge in [-0.1, -0.05) is 34.3 Å². The molecule has 0 aromatic heterocycles. The number of carbonyl (C=O) groups is 1. The van der Waals surface area contributed by atoms with E-state index in [9.17, 15) is 13.6 Å². The highest BCUT2D eigenvalue weighted by Gasteiger charge is 2.34. The van der Waals surface area contributed by atoms with Crippen LogP contribution in [0.3, 0.4) is 0 Å². The van der Waals surface area contributed by atoms with Gasteiger partial charge < -0.3 is 9.64 Å². The lowest BCUT2D eigenvalue weighted by molar-refractivity contribution is -0.132. The van der Waals surface area contributed by atoms with Crippen LogP contribution in [0.15, 0.2) is 29.4 Å². The molecule has 2 atom stereocenters. The molecule has 1 aromatic rings. The third-order valence-electron chi connectivity index (χ3n) is 5.36. The maximum atomic E-state index is 13.6. The van der Waals surface area contributed by atoms with Crippen molar-refractivity contribution in [2.24, 2.45) is 16.3 Å². The lowest BCUT2D eigenvalue weighted by atomic mass is 9.93. The van der Waals surface area contributed by atoms with Crippen molar-refractivity contribution >= 4 is 34.4 Å². The monoisotopic (exact) mass is 532 g/mol. The molecule has 0 aliphatic carbocycles. The fourth-order valence-electron chi connectivity index (χ4n) is 3.46. The minimum absolute atomic E-state index is 0.00963. The second-order valence-electron chi connectivity index (χ2n) is 8.97. The summed E-state index contributed by atoms with van der Waals surface area (Å²) >= 11 is 2.00. The van der Waals surface area contributed by atoms with E-state index in [1.165, 1.54) is 12.1 Å². The molecule has 1 saturated heterocycles. The number of rotatable bonds is 6. The number of methoxy groups -OCH3 is 1. The smallest absolute Gasteiger partial charge is 0.223 e. The van der Waals surface area contributed by atoms with Crippen LogP contribution in [0.2, 0.25) is 0 Å². The molecule has 0 spiro atoms. The van der Waals surface area contributed by atoms with Gasteiger partial charge in [0.2, 0.25) is 11.8 Å². The number of ether oxygens (including phenoxy) is 1. The molecule has 1 aromatic carbocycles. The molecular formula is C23H31F2IN2O2. The number of amides is 1. The lowest BCUT2D eigenvalue weighted by Crippen LogP contribution is -2.42. The second kappa shape index (κ2) is 10.2. The summed E-state index contributed by atoms with van der Waals surface area (Å²) in [4.78, 5) is 19.4. The highest BCUT2D eigenvalue weighted by atomic mass is 127. The van der Waals surface area contributed by atoms with E-state index in [1.807, 2.05) is 55.2 Å². The Bertz CT molecular complexity index is 833. The Morgan fingerprint density at radius 1 is 1.37 bits per heavy atom. The minimum atomic E-state index is -0.858. The van der Waals surface area contributed by atoms with Gasteiger partial charge in [0, 0.05) is 27.6 Å². The summed E-state index contributed by atoms with van der Waals surface area (Å²) in [7, 11) is 1.57. The van der Waals surface area contributed by atoms with Crippen LogP contribution in [-0.2, 0) is 16.0 Å². The third-order valence-corrected chi connectivity index (χ3v) is 6.36. The van der Waals surface area contributed by atoms with Gasteiger partial charge in [0.15, 0.2) is 11.6 Å². The van der Waals surface area contributed by atoms with Crippen molar-refractivity contribution < 1.29 is 18.3 Å². The van der Waals surface area contributed by atoms with Crippen LogP contribution >= 0.6 is 22.6 Å². The molecule has 0 saturated carbocycles. The van der Waals surface area contributed by atoms with Gasteiger partial charge in [0.25, 0.3) is 0 Å². The van der Waals surface area contributed by atoms with E-state index in [1.54, 1.807) is 7.11 Å². The lowest BCUT2D eigenvalue weighted by Gasteiger charge is -2.27. The highest BCUT2D eigenvalue weighted by Crippen LogP contribution is 2.28. The fraction of sp³-hybridized carbons (Fsp3) is 0.565. The molecule has 1 fully saturated rings. The van der Waals surface area contributed by atoms with Crippen LogP contribution in [-0.4, -0.2) is 36.4 Å². The topological polar surface area (TPSA) is 41.9 Å². The quantitative estimate of drug-likeness (QED) is 0.203. The largest absolute Gasteiger partial charge is 0.483 e. The van der Waals surface area contributed by atoms with Crippen molar-refractivity contribution in [3.05, 3.63) is 45.2 Å². The Kier molecular flexibility index (Phi) is 8.42. The summed E-state index contributed by atoms with van der Waals surface area (Å²) in [5.41, 5.74) is 1.24. The second-order valence-corrected chi connectivity index (χ2v) is 10.1. The van der Waals surface area contributed by atoms with E-state index in [2.05, 4.69) is 11.6 Å². The zero-order chi connectivity index (χ0) is 22.6. The van der Waals surface area contributed by atoms with Gasteiger partial charge in [0.05, 0.1) is 7.11 Å².